The van der Waals surface area contributed by atoms with Crippen LogP contribution in [-0.2, 0) is 0 Å². The fourth-order valence-corrected chi connectivity index (χ4v) is 1.52. The van der Waals surface area contributed by atoms with E-state index in [1.807, 2.05) is 32.3 Å². The van der Waals surface area contributed by atoms with Crippen LogP contribution in [0.4, 0.5) is 0 Å². The van der Waals surface area contributed by atoms with Gasteiger partial charge in [-0.3, -0.25) is 4.98 Å². The predicted octanol–water partition coefficient (Wildman–Crippen LogP) is 2.06. The van der Waals surface area contributed by atoms with Gasteiger partial charge in [0.25, 0.3) is 0 Å². The summed E-state index contributed by atoms with van der Waals surface area (Å²) < 4.78 is 0. The van der Waals surface area contributed by atoms with Crippen LogP contribution in [0.25, 0.3) is 0 Å². The van der Waals surface area contributed by atoms with Crippen LogP contribution in [0.2, 0.25) is 0 Å². The van der Waals surface area contributed by atoms with Crippen molar-refractivity contribution in [1.29, 1.82) is 0 Å². The van der Waals surface area contributed by atoms with Gasteiger partial charge in [-0.1, -0.05) is 13.8 Å². The summed E-state index contributed by atoms with van der Waals surface area (Å²) in [6.07, 6.45) is 3.71. The van der Waals surface area contributed by atoms with Gasteiger partial charge in [0, 0.05) is 37.0 Å². The second-order valence-corrected chi connectivity index (χ2v) is 5.16. The molecular weight excluding hydrogens is 200 g/mol. The van der Waals surface area contributed by atoms with Gasteiger partial charge in [-0.15, -0.1) is 0 Å². The minimum atomic E-state index is -0.0790. The molecule has 0 aliphatic rings. The third kappa shape index (κ3) is 3.58. The lowest BCUT2D eigenvalue weighted by Crippen LogP contribution is -2.34. The van der Waals surface area contributed by atoms with Crippen LogP contribution in [0.15, 0.2) is 18.5 Å². The van der Waals surface area contributed by atoms with Crippen LogP contribution in [0.3, 0.4) is 0 Å². The van der Waals surface area contributed by atoms with Gasteiger partial charge in [0.05, 0.1) is 0 Å². The zero-order chi connectivity index (χ0) is 12.2. The van der Waals surface area contributed by atoms with E-state index >= 15 is 0 Å². The molecule has 16 heavy (non-hydrogen) atoms. The maximum atomic E-state index is 9.18. The molecule has 0 spiro atoms. The highest BCUT2D eigenvalue weighted by Gasteiger charge is 2.18. The SMILES string of the molecule is Cc1ccncc1C(C)NCC(C)(C)CO. The Balaban J connectivity index is 2.60. The Morgan fingerprint density at radius 3 is 2.75 bits per heavy atom. The summed E-state index contributed by atoms with van der Waals surface area (Å²) >= 11 is 0. The van der Waals surface area contributed by atoms with Gasteiger partial charge in [-0.2, -0.15) is 0 Å². The molecule has 0 aromatic carbocycles. The van der Waals surface area contributed by atoms with E-state index in [9.17, 15) is 5.11 Å². The average Bonchev–Trinajstić information content (AvgIpc) is 2.27. The van der Waals surface area contributed by atoms with Crippen molar-refractivity contribution in [3.8, 4) is 0 Å². The summed E-state index contributed by atoms with van der Waals surface area (Å²) in [5.41, 5.74) is 2.39. The third-order valence-electron chi connectivity index (χ3n) is 2.86. The van der Waals surface area contributed by atoms with Crippen LogP contribution in [0, 0.1) is 12.3 Å². The Hall–Kier alpha value is -0.930. The van der Waals surface area contributed by atoms with Crippen molar-refractivity contribution in [2.24, 2.45) is 5.41 Å². The quantitative estimate of drug-likeness (QED) is 0.801. The summed E-state index contributed by atoms with van der Waals surface area (Å²) in [4.78, 5) is 4.14. The summed E-state index contributed by atoms with van der Waals surface area (Å²) in [6.45, 7) is 9.28. The Morgan fingerprint density at radius 1 is 1.50 bits per heavy atom. The molecule has 0 saturated carbocycles. The third-order valence-corrected chi connectivity index (χ3v) is 2.86. The second kappa shape index (κ2) is 5.41. The molecule has 1 aromatic heterocycles. The molecule has 0 aliphatic carbocycles. The largest absolute Gasteiger partial charge is 0.396 e. The van der Waals surface area contributed by atoms with Crippen molar-refractivity contribution in [3.63, 3.8) is 0 Å². The van der Waals surface area contributed by atoms with Crippen LogP contribution < -0.4 is 5.32 Å². The van der Waals surface area contributed by atoms with Crippen molar-refractivity contribution < 1.29 is 5.11 Å². The van der Waals surface area contributed by atoms with Gasteiger partial charge in [0.1, 0.15) is 0 Å². The van der Waals surface area contributed by atoms with E-state index in [1.54, 1.807) is 0 Å². The highest BCUT2D eigenvalue weighted by molar-refractivity contribution is 5.24. The van der Waals surface area contributed by atoms with Crippen LogP contribution >= 0.6 is 0 Å². The molecule has 2 N–H and O–H groups in total. The fraction of sp³-hybridized carbons (Fsp3) is 0.615. The zero-order valence-electron chi connectivity index (χ0n) is 10.6. The van der Waals surface area contributed by atoms with Crippen molar-refractivity contribution >= 4 is 0 Å². The van der Waals surface area contributed by atoms with Crippen LogP contribution in [-0.4, -0.2) is 23.2 Å². The number of aliphatic hydroxyl groups excluding tert-OH is 1. The molecule has 0 radical (unpaired) electrons. The first kappa shape index (κ1) is 13.1. The number of aryl methyl sites for hydroxylation is 1. The minimum Gasteiger partial charge on any atom is -0.396 e. The molecule has 90 valence electrons. The van der Waals surface area contributed by atoms with Crippen molar-refractivity contribution in [2.75, 3.05) is 13.2 Å². The first-order valence-electron chi connectivity index (χ1n) is 5.71. The normalized spacial score (nSPS) is 13.8. The highest BCUT2D eigenvalue weighted by Crippen LogP contribution is 2.18. The van der Waals surface area contributed by atoms with Gasteiger partial charge in [-0.05, 0) is 31.0 Å². The lowest BCUT2D eigenvalue weighted by atomic mass is 9.94. The summed E-state index contributed by atoms with van der Waals surface area (Å²) in [7, 11) is 0. The Kier molecular flexibility index (Phi) is 4.44. The van der Waals surface area contributed by atoms with Crippen molar-refractivity contribution in [1.82, 2.24) is 10.3 Å². The lowest BCUT2D eigenvalue weighted by Gasteiger charge is -2.25. The summed E-state index contributed by atoms with van der Waals surface area (Å²) in [6, 6.07) is 2.28. The zero-order valence-corrected chi connectivity index (χ0v) is 10.6. The maximum Gasteiger partial charge on any atom is 0.0494 e. The number of aromatic nitrogens is 1. The predicted molar refractivity (Wildman–Crippen MR) is 66.3 cm³/mol. The van der Waals surface area contributed by atoms with Gasteiger partial charge in [0.2, 0.25) is 0 Å². The van der Waals surface area contributed by atoms with Crippen molar-refractivity contribution in [3.05, 3.63) is 29.6 Å². The van der Waals surface area contributed by atoms with E-state index in [2.05, 4.69) is 24.1 Å². The van der Waals surface area contributed by atoms with E-state index in [4.69, 9.17) is 0 Å². The molecule has 3 nitrogen and oxygen atoms in total. The second-order valence-electron chi connectivity index (χ2n) is 5.16. The first-order valence-corrected chi connectivity index (χ1v) is 5.71. The minimum absolute atomic E-state index is 0.0790. The molecule has 1 atom stereocenters. The number of pyridine rings is 1. The Bertz CT molecular complexity index is 336. The molecule has 1 rings (SSSR count). The molecular formula is C13H22N2O. The maximum absolute atomic E-state index is 9.18. The number of nitrogens with one attached hydrogen (secondary N) is 1. The molecule has 0 fully saturated rings. The molecule has 3 heteroatoms. The van der Waals surface area contributed by atoms with E-state index in [0.717, 1.165) is 6.54 Å². The number of hydrogen-bond donors (Lipinski definition) is 2. The first-order chi connectivity index (χ1) is 7.46. The molecule has 0 bridgehead atoms. The number of rotatable bonds is 5. The van der Waals surface area contributed by atoms with E-state index in [1.165, 1.54) is 11.1 Å². The number of nitrogens with zero attached hydrogens (tertiary/aromatic N) is 1. The van der Waals surface area contributed by atoms with E-state index < -0.39 is 0 Å². The average molecular weight is 222 g/mol. The van der Waals surface area contributed by atoms with Crippen molar-refractivity contribution in [2.45, 2.75) is 33.7 Å². The lowest BCUT2D eigenvalue weighted by molar-refractivity contribution is 0.154. The van der Waals surface area contributed by atoms with Gasteiger partial charge in [0.15, 0.2) is 0 Å². The van der Waals surface area contributed by atoms with Gasteiger partial charge in [-0.25, -0.2) is 0 Å². The number of aliphatic hydroxyl groups is 1. The molecule has 0 aliphatic heterocycles. The standard InChI is InChI=1S/C13H22N2O/c1-10-5-6-14-7-12(10)11(2)15-8-13(3,4)9-16/h5-7,11,15-16H,8-9H2,1-4H3. The fourth-order valence-electron chi connectivity index (χ4n) is 1.52. The smallest absolute Gasteiger partial charge is 0.0494 e. The van der Waals surface area contributed by atoms with E-state index in [-0.39, 0.29) is 18.1 Å². The highest BCUT2D eigenvalue weighted by atomic mass is 16.3. The number of hydrogen-bond acceptors (Lipinski definition) is 3. The molecule has 0 saturated heterocycles. The van der Waals surface area contributed by atoms with Crippen LogP contribution in [0.5, 0.6) is 0 Å². The Labute approximate surface area is 97.9 Å². The summed E-state index contributed by atoms with van der Waals surface area (Å²) in [5, 5.41) is 12.6. The Morgan fingerprint density at radius 2 is 2.19 bits per heavy atom. The van der Waals surface area contributed by atoms with Crippen LogP contribution in [0.1, 0.15) is 37.9 Å². The molecule has 0 amide bonds. The molecule has 1 heterocycles. The molecule has 1 unspecified atom stereocenters. The van der Waals surface area contributed by atoms with E-state index in [0.29, 0.717) is 0 Å². The van der Waals surface area contributed by atoms with Gasteiger partial charge < -0.3 is 10.4 Å². The van der Waals surface area contributed by atoms with Gasteiger partial charge >= 0.3 is 0 Å². The summed E-state index contributed by atoms with van der Waals surface area (Å²) in [5.74, 6) is 0. The topological polar surface area (TPSA) is 45.2 Å². The molecule has 1 aromatic rings. The monoisotopic (exact) mass is 222 g/mol.